The number of fused-ring (bicyclic) bond motifs is 1. The fourth-order valence-electron chi connectivity index (χ4n) is 5.32. The molecule has 252 valence electrons. The third-order valence-electron chi connectivity index (χ3n) is 7.28. The average Bonchev–Trinajstić information content (AvgIpc) is 3.33. The van der Waals surface area contributed by atoms with Gasteiger partial charge in [0.2, 0.25) is 0 Å². The van der Waals surface area contributed by atoms with E-state index in [9.17, 15) is 14.0 Å². The van der Waals surface area contributed by atoms with E-state index in [4.69, 9.17) is 35.3 Å². The molecule has 2 heterocycles. The Balaban J connectivity index is 1.61. The van der Waals surface area contributed by atoms with Gasteiger partial charge in [0.25, 0.3) is 5.56 Å². The Morgan fingerprint density at radius 1 is 1.06 bits per heavy atom. The van der Waals surface area contributed by atoms with Gasteiger partial charge >= 0.3 is 5.97 Å². The quantitative estimate of drug-likeness (QED) is 0.159. The summed E-state index contributed by atoms with van der Waals surface area (Å²) in [6.45, 7) is 9.66. The number of rotatable bonds is 12. The minimum absolute atomic E-state index is 0.0764. The van der Waals surface area contributed by atoms with Crippen molar-refractivity contribution in [1.82, 2.24) is 4.57 Å². The zero-order valence-corrected chi connectivity index (χ0v) is 29.0. The molecule has 1 aliphatic rings. The molecule has 1 aliphatic heterocycles. The highest BCUT2D eigenvalue weighted by atomic mass is 35.5. The Morgan fingerprint density at radius 3 is 2.54 bits per heavy atom. The molecule has 0 aliphatic carbocycles. The molecular formula is C36H36ClFN2O7S. The Kier molecular flexibility index (Phi) is 10.9. The second kappa shape index (κ2) is 15.1. The third kappa shape index (κ3) is 7.42. The lowest BCUT2D eigenvalue weighted by Crippen LogP contribution is -2.40. The Morgan fingerprint density at radius 2 is 1.85 bits per heavy atom. The summed E-state index contributed by atoms with van der Waals surface area (Å²) in [4.78, 5) is 32.6. The number of methoxy groups -OCH3 is 1. The highest BCUT2D eigenvalue weighted by Gasteiger charge is 2.34. The molecule has 0 spiro atoms. The molecule has 0 amide bonds. The molecule has 1 aromatic heterocycles. The SMILES string of the molecule is CCOC(=O)C1=C(C)N=c2s/c(=C\c3cc(Cl)c(OCc4cccc(F)c4)c(OCC)c3)c(=O)n2[C@H]1c1ccc(OC(C)C)c(OC)c1. The number of aromatic nitrogens is 1. The maximum absolute atomic E-state index is 14.2. The van der Waals surface area contributed by atoms with Gasteiger partial charge in [-0.25, -0.2) is 14.2 Å². The molecule has 0 bridgehead atoms. The number of carbonyl (C=O) groups is 1. The van der Waals surface area contributed by atoms with Crippen LogP contribution in [-0.2, 0) is 16.1 Å². The van der Waals surface area contributed by atoms with Crippen LogP contribution in [0.4, 0.5) is 4.39 Å². The van der Waals surface area contributed by atoms with Crippen molar-refractivity contribution in [1.29, 1.82) is 0 Å². The van der Waals surface area contributed by atoms with E-state index in [0.717, 1.165) is 0 Å². The summed E-state index contributed by atoms with van der Waals surface area (Å²) in [7, 11) is 1.53. The first-order chi connectivity index (χ1) is 23.0. The summed E-state index contributed by atoms with van der Waals surface area (Å²) in [6.07, 6.45) is 1.60. The fraction of sp³-hybridized carbons (Fsp3) is 0.306. The molecule has 12 heteroatoms. The number of hydrogen-bond donors (Lipinski definition) is 0. The van der Waals surface area contributed by atoms with Gasteiger partial charge in [-0.2, -0.15) is 0 Å². The minimum atomic E-state index is -0.842. The molecule has 0 fully saturated rings. The molecule has 0 saturated carbocycles. The van der Waals surface area contributed by atoms with Crippen LogP contribution in [0.15, 0.2) is 75.7 Å². The molecule has 48 heavy (non-hydrogen) atoms. The first-order valence-electron chi connectivity index (χ1n) is 15.4. The highest BCUT2D eigenvalue weighted by Crippen LogP contribution is 2.38. The standard InChI is InChI=1S/C36H36ClFN2O7S/c1-7-44-29-16-23(15-26(37)33(29)46-19-22-10-9-11-25(38)14-22)17-30-34(41)40-32(24-12-13-27(47-20(3)4)28(18-24)43-6)31(35(42)45-8-2)21(5)39-36(40)48-30/h9-18,20,32H,7-8,19H2,1-6H3/b30-17-/t32-/m0/s1. The van der Waals surface area contributed by atoms with Gasteiger partial charge in [0.15, 0.2) is 27.8 Å². The molecule has 0 unspecified atom stereocenters. The van der Waals surface area contributed by atoms with E-state index in [2.05, 4.69) is 4.99 Å². The van der Waals surface area contributed by atoms with Crippen LogP contribution in [-0.4, -0.2) is 37.0 Å². The van der Waals surface area contributed by atoms with E-state index in [1.165, 1.54) is 35.1 Å². The molecular weight excluding hydrogens is 659 g/mol. The molecule has 1 atom stereocenters. The van der Waals surface area contributed by atoms with E-state index < -0.39 is 12.0 Å². The monoisotopic (exact) mass is 694 g/mol. The van der Waals surface area contributed by atoms with Crippen LogP contribution in [0.25, 0.3) is 6.08 Å². The molecule has 0 saturated heterocycles. The number of benzene rings is 3. The summed E-state index contributed by atoms with van der Waals surface area (Å²) in [5.41, 5.74) is 2.16. The normalized spacial score (nSPS) is 14.4. The van der Waals surface area contributed by atoms with E-state index >= 15 is 0 Å². The van der Waals surface area contributed by atoms with Crippen LogP contribution in [0.3, 0.4) is 0 Å². The lowest BCUT2D eigenvalue weighted by molar-refractivity contribution is -0.139. The molecule has 4 aromatic rings. The van der Waals surface area contributed by atoms with Crippen molar-refractivity contribution in [3.63, 3.8) is 0 Å². The number of halogens is 2. The largest absolute Gasteiger partial charge is 0.493 e. The van der Waals surface area contributed by atoms with E-state index in [1.54, 1.807) is 62.4 Å². The lowest BCUT2D eigenvalue weighted by Gasteiger charge is -2.25. The van der Waals surface area contributed by atoms with Crippen LogP contribution in [0, 0.1) is 5.82 Å². The number of carbonyl (C=O) groups excluding carboxylic acids is 1. The van der Waals surface area contributed by atoms with Gasteiger partial charge in [0.05, 0.1) is 53.3 Å². The van der Waals surface area contributed by atoms with Gasteiger partial charge < -0.3 is 23.7 Å². The highest BCUT2D eigenvalue weighted by molar-refractivity contribution is 7.07. The van der Waals surface area contributed by atoms with Crippen LogP contribution in [0.1, 0.15) is 57.4 Å². The Bertz CT molecular complexity index is 2050. The van der Waals surface area contributed by atoms with Gasteiger partial charge in [0, 0.05) is 0 Å². The Labute approximate surface area is 286 Å². The number of hydrogen-bond acceptors (Lipinski definition) is 9. The Hall–Kier alpha value is -4.61. The van der Waals surface area contributed by atoms with E-state index in [0.29, 0.717) is 61.3 Å². The van der Waals surface area contributed by atoms with Gasteiger partial charge in [-0.15, -0.1) is 0 Å². The number of esters is 1. The van der Waals surface area contributed by atoms with E-state index in [1.807, 2.05) is 20.8 Å². The number of nitrogens with zero attached hydrogens (tertiary/aromatic N) is 2. The van der Waals surface area contributed by atoms with Crippen molar-refractivity contribution in [2.45, 2.75) is 53.4 Å². The topological polar surface area (TPSA) is 97.6 Å². The van der Waals surface area contributed by atoms with Crippen LogP contribution in [0.2, 0.25) is 5.02 Å². The number of ether oxygens (including phenoxy) is 5. The zero-order chi connectivity index (χ0) is 34.5. The molecule has 9 nitrogen and oxygen atoms in total. The summed E-state index contributed by atoms with van der Waals surface area (Å²) < 4.78 is 44.3. The molecule has 0 N–H and O–H groups in total. The number of allylic oxidation sites excluding steroid dienone is 1. The van der Waals surface area contributed by atoms with Gasteiger partial charge in [-0.3, -0.25) is 9.36 Å². The van der Waals surface area contributed by atoms with Crippen LogP contribution >= 0.6 is 22.9 Å². The van der Waals surface area contributed by atoms with Crippen LogP contribution in [0.5, 0.6) is 23.0 Å². The van der Waals surface area contributed by atoms with Gasteiger partial charge in [-0.05, 0) is 93.8 Å². The van der Waals surface area contributed by atoms with Crippen molar-refractivity contribution in [3.05, 3.63) is 113 Å². The van der Waals surface area contributed by atoms with Crippen molar-refractivity contribution in [3.8, 4) is 23.0 Å². The second-order valence-electron chi connectivity index (χ2n) is 11.1. The van der Waals surface area contributed by atoms with Crippen molar-refractivity contribution in [2.24, 2.45) is 4.99 Å². The first-order valence-corrected chi connectivity index (χ1v) is 16.6. The van der Waals surface area contributed by atoms with Crippen LogP contribution < -0.4 is 33.8 Å². The maximum atomic E-state index is 14.2. The van der Waals surface area contributed by atoms with Gasteiger partial charge in [0.1, 0.15) is 12.4 Å². The second-order valence-corrected chi connectivity index (χ2v) is 12.5. The zero-order valence-electron chi connectivity index (χ0n) is 27.5. The summed E-state index contributed by atoms with van der Waals surface area (Å²) >= 11 is 7.86. The third-order valence-corrected chi connectivity index (χ3v) is 8.55. The maximum Gasteiger partial charge on any atom is 0.338 e. The average molecular weight is 695 g/mol. The smallest absolute Gasteiger partial charge is 0.338 e. The summed E-state index contributed by atoms with van der Waals surface area (Å²) in [6, 6.07) is 14.0. The summed E-state index contributed by atoms with van der Waals surface area (Å²) in [5.74, 6) is 0.726. The van der Waals surface area contributed by atoms with E-state index in [-0.39, 0.29) is 41.3 Å². The van der Waals surface area contributed by atoms with Gasteiger partial charge in [-0.1, -0.05) is 41.1 Å². The molecule has 0 radical (unpaired) electrons. The predicted molar refractivity (Wildman–Crippen MR) is 183 cm³/mol. The molecule has 5 rings (SSSR count). The fourth-order valence-corrected chi connectivity index (χ4v) is 6.64. The number of thiazole rings is 1. The minimum Gasteiger partial charge on any atom is -0.493 e. The van der Waals surface area contributed by atoms with Crippen molar-refractivity contribution < 1.29 is 32.9 Å². The first kappa shape index (κ1) is 34.7. The summed E-state index contributed by atoms with van der Waals surface area (Å²) in [5, 5.41) is 0.255. The van der Waals surface area contributed by atoms with Crippen molar-refractivity contribution in [2.75, 3.05) is 20.3 Å². The lowest BCUT2D eigenvalue weighted by atomic mass is 9.95. The molecule has 3 aromatic carbocycles. The van der Waals surface area contributed by atoms with Crippen molar-refractivity contribution >= 4 is 35.0 Å². The predicted octanol–water partition coefficient (Wildman–Crippen LogP) is 6.36.